The molecule has 8 heteroatoms. The topological polar surface area (TPSA) is 92.4 Å². The summed E-state index contributed by atoms with van der Waals surface area (Å²) < 4.78 is 11.7. The lowest BCUT2D eigenvalue weighted by Gasteiger charge is -2.32. The van der Waals surface area contributed by atoms with Gasteiger partial charge >= 0.3 is 0 Å². The van der Waals surface area contributed by atoms with E-state index in [0.717, 1.165) is 36.3 Å². The zero-order valence-corrected chi connectivity index (χ0v) is 16.9. The van der Waals surface area contributed by atoms with Gasteiger partial charge < -0.3 is 14.8 Å². The van der Waals surface area contributed by atoms with E-state index in [9.17, 15) is 4.79 Å². The van der Waals surface area contributed by atoms with E-state index in [1.165, 1.54) is 0 Å². The van der Waals surface area contributed by atoms with Gasteiger partial charge in [-0.2, -0.15) is 5.10 Å². The maximum absolute atomic E-state index is 13.0. The quantitative estimate of drug-likeness (QED) is 0.644. The van der Waals surface area contributed by atoms with Crippen LogP contribution in [0.2, 0.25) is 0 Å². The average Bonchev–Trinajstić information content (AvgIpc) is 3.30. The number of H-pyrrole nitrogens is 1. The van der Waals surface area contributed by atoms with Crippen molar-refractivity contribution >= 4 is 22.9 Å². The van der Waals surface area contributed by atoms with Crippen molar-refractivity contribution in [1.29, 1.82) is 0 Å². The maximum Gasteiger partial charge on any atom is 0.232 e. The molecule has 3 aromatic rings. The number of nitrogens with one attached hydrogen (secondary N) is 2. The van der Waals surface area contributed by atoms with E-state index in [2.05, 4.69) is 32.3 Å². The van der Waals surface area contributed by atoms with E-state index in [0.29, 0.717) is 35.2 Å². The molecule has 2 aliphatic rings. The number of ketones is 1. The van der Waals surface area contributed by atoms with Gasteiger partial charge in [-0.05, 0) is 31.2 Å². The van der Waals surface area contributed by atoms with Gasteiger partial charge in [-0.3, -0.25) is 14.8 Å². The van der Waals surface area contributed by atoms with Crippen molar-refractivity contribution in [3.05, 3.63) is 53.0 Å². The van der Waals surface area contributed by atoms with Crippen LogP contribution in [0.15, 0.2) is 36.2 Å². The van der Waals surface area contributed by atoms with Gasteiger partial charge in [-0.25, -0.2) is 4.98 Å². The lowest BCUT2D eigenvalue weighted by Crippen LogP contribution is -2.48. The van der Waals surface area contributed by atoms with Gasteiger partial charge in [0.15, 0.2) is 11.4 Å². The molecule has 0 spiro atoms. The number of piperazine rings is 1. The summed E-state index contributed by atoms with van der Waals surface area (Å²) in [5.74, 6) is 1.41. The van der Waals surface area contributed by atoms with E-state index >= 15 is 0 Å². The predicted molar refractivity (Wildman–Crippen MR) is 113 cm³/mol. The Kier molecular flexibility index (Phi) is 4.72. The van der Waals surface area contributed by atoms with E-state index in [4.69, 9.17) is 9.47 Å². The molecular formula is C22H23N5O3. The third-order valence-electron chi connectivity index (χ3n) is 5.59. The number of benzene rings is 1. The minimum Gasteiger partial charge on any atom is -0.496 e. The summed E-state index contributed by atoms with van der Waals surface area (Å²) in [6.45, 7) is 5.62. The molecule has 2 aromatic heterocycles. The summed E-state index contributed by atoms with van der Waals surface area (Å²) in [5.41, 5.74) is 2.74. The number of hydrogen-bond acceptors (Lipinski definition) is 7. The van der Waals surface area contributed by atoms with E-state index in [-0.39, 0.29) is 11.5 Å². The first-order valence-corrected chi connectivity index (χ1v) is 10.0. The van der Waals surface area contributed by atoms with Gasteiger partial charge in [0.2, 0.25) is 5.78 Å². The lowest BCUT2D eigenvalue weighted by molar-refractivity contribution is 0.101. The van der Waals surface area contributed by atoms with Crippen LogP contribution in [-0.2, 0) is 6.54 Å². The molecule has 2 aliphatic heterocycles. The number of pyridine rings is 1. The fourth-order valence-electron chi connectivity index (χ4n) is 4.12. The molecule has 1 aromatic carbocycles. The number of ether oxygens (including phenoxy) is 2. The molecule has 0 radical (unpaired) electrons. The van der Waals surface area contributed by atoms with Crippen LogP contribution < -0.4 is 14.8 Å². The van der Waals surface area contributed by atoms with Crippen molar-refractivity contribution in [1.82, 2.24) is 25.4 Å². The zero-order valence-electron chi connectivity index (χ0n) is 16.9. The van der Waals surface area contributed by atoms with E-state index in [1.54, 1.807) is 25.4 Å². The fraction of sp³-hybridized carbons (Fsp3) is 0.318. The number of allylic oxidation sites excluding steroid dienone is 1. The molecule has 154 valence electrons. The normalized spacial score (nSPS) is 20.5. The monoisotopic (exact) mass is 405 g/mol. The highest BCUT2D eigenvalue weighted by Gasteiger charge is 2.32. The maximum atomic E-state index is 13.0. The number of aromatic nitrogens is 3. The fourth-order valence-corrected chi connectivity index (χ4v) is 4.12. The molecule has 0 saturated carbocycles. The molecule has 0 amide bonds. The second-order valence-electron chi connectivity index (χ2n) is 7.66. The highest BCUT2D eigenvalue weighted by molar-refractivity contribution is 6.15. The Morgan fingerprint density at radius 2 is 2.27 bits per heavy atom. The van der Waals surface area contributed by atoms with Crippen molar-refractivity contribution in [3.63, 3.8) is 0 Å². The number of methoxy groups -OCH3 is 1. The highest BCUT2D eigenvalue weighted by atomic mass is 16.5. The van der Waals surface area contributed by atoms with E-state index in [1.807, 2.05) is 18.2 Å². The number of nitrogens with zero attached hydrogens (tertiary/aromatic N) is 3. The van der Waals surface area contributed by atoms with Crippen LogP contribution in [-0.4, -0.2) is 58.7 Å². The Morgan fingerprint density at radius 1 is 1.37 bits per heavy atom. The summed E-state index contributed by atoms with van der Waals surface area (Å²) in [6, 6.07) is 7.78. The number of fused-ring (bicyclic) bond motifs is 2. The van der Waals surface area contributed by atoms with Crippen molar-refractivity contribution in [2.75, 3.05) is 26.7 Å². The molecule has 30 heavy (non-hydrogen) atoms. The van der Waals surface area contributed by atoms with Gasteiger partial charge in [-0.15, -0.1) is 0 Å². The number of aromatic amines is 1. The van der Waals surface area contributed by atoms with Crippen molar-refractivity contribution < 1.29 is 14.3 Å². The molecule has 1 fully saturated rings. The molecule has 2 N–H and O–H groups in total. The second-order valence-corrected chi connectivity index (χ2v) is 7.66. The Labute approximate surface area is 173 Å². The molecule has 0 aliphatic carbocycles. The average molecular weight is 405 g/mol. The molecule has 0 unspecified atom stereocenters. The van der Waals surface area contributed by atoms with Gasteiger partial charge in [0.25, 0.3) is 0 Å². The Hall–Kier alpha value is -3.23. The van der Waals surface area contributed by atoms with Crippen LogP contribution >= 0.6 is 0 Å². The van der Waals surface area contributed by atoms with Crippen molar-refractivity contribution in [2.24, 2.45) is 0 Å². The third-order valence-corrected chi connectivity index (χ3v) is 5.59. The second kappa shape index (κ2) is 7.55. The third kappa shape index (κ3) is 3.24. The van der Waals surface area contributed by atoms with Crippen LogP contribution in [0.5, 0.6) is 11.5 Å². The standard InChI is InChI=1S/C22H23N5O3/c1-13-11-27(9-8-23-13)12-16-18(29-2)6-5-15-20(28)19(30-21(15)16)10-17-14-4-3-7-24-22(14)26-25-17/h3-7,10,13,23H,8-9,11-12H2,1-2H3,(H,24,25,26)/b19-10-/t13-/m1/s1. The van der Waals surface area contributed by atoms with Crippen LogP contribution in [0, 0.1) is 0 Å². The molecule has 4 heterocycles. The number of carbonyl (C=O) groups excluding carboxylic acids is 1. The number of hydrogen-bond donors (Lipinski definition) is 2. The van der Waals surface area contributed by atoms with Gasteiger partial charge in [-0.1, -0.05) is 0 Å². The van der Waals surface area contributed by atoms with Crippen LogP contribution in [0.3, 0.4) is 0 Å². The summed E-state index contributed by atoms with van der Waals surface area (Å²) in [4.78, 5) is 19.6. The summed E-state index contributed by atoms with van der Waals surface area (Å²) in [5, 5.41) is 11.4. The van der Waals surface area contributed by atoms with Gasteiger partial charge in [0.05, 0.1) is 23.9 Å². The number of carbonyl (C=O) groups is 1. The molecule has 1 saturated heterocycles. The smallest absolute Gasteiger partial charge is 0.232 e. The minimum absolute atomic E-state index is 0.150. The molecule has 8 nitrogen and oxygen atoms in total. The summed E-state index contributed by atoms with van der Waals surface area (Å²) in [6.07, 6.45) is 3.37. The first-order valence-electron chi connectivity index (χ1n) is 10.0. The molecular weight excluding hydrogens is 382 g/mol. The predicted octanol–water partition coefficient (Wildman–Crippen LogP) is 2.38. The van der Waals surface area contributed by atoms with Crippen molar-refractivity contribution in [2.45, 2.75) is 19.5 Å². The minimum atomic E-state index is -0.150. The zero-order chi connectivity index (χ0) is 20.7. The largest absolute Gasteiger partial charge is 0.496 e. The first-order chi connectivity index (χ1) is 14.6. The van der Waals surface area contributed by atoms with Crippen LogP contribution in [0.25, 0.3) is 17.1 Å². The first kappa shape index (κ1) is 18.8. The number of rotatable bonds is 4. The number of Topliss-reactive ketones (excluding diaryl/α,β-unsaturated/α-hetero) is 1. The van der Waals surface area contributed by atoms with Gasteiger partial charge in [0.1, 0.15) is 11.5 Å². The SMILES string of the molecule is COc1ccc2c(c1CN1CCN[C@H](C)C1)O/C(=C\c1n[nH]c3ncccc13)C2=O. The molecule has 1 atom stereocenters. The van der Waals surface area contributed by atoms with Gasteiger partial charge in [0, 0.05) is 49.9 Å². The Bertz CT molecular complexity index is 1150. The van der Waals surface area contributed by atoms with E-state index < -0.39 is 0 Å². The highest BCUT2D eigenvalue weighted by Crippen LogP contribution is 2.40. The van der Waals surface area contributed by atoms with Crippen molar-refractivity contribution in [3.8, 4) is 11.5 Å². The molecule has 5 rings (SSSR count). The lowest BCUT2D eigenvalue weighted by atomic mass is 10.0. The summed E-state index contributed by atoms with van der Waals surface area (Å²) in [7, 11) is 1.64. The molecule has 0 bridgehead atoms. The van der Waals surface area contributed by atoms with Crippen LogP contribution in [0.1, 0.15) is 28.5 Å². The Morgan fingerprint density at radius 3 is 3.10 bits per heavy atom. The Balaban J connectivity index is 1.50. The van der Waals surface area contributed by atoms with Crippen LogP contribution in [0.4, 0.5) is 0 Å². The summed E-state index contributed by atoms with van der Waals surface area (Å²) >= 11 is 0.